The van der Waals surface area contributed by atoms with Gasteiger partial charge in [0.05, 0.1) is 33.8 Å². The number of pyridine rings is 4. The molecule has 226 valence electrons. The molecule has 9 heterocycles. The maximum atomic E-state index is 5.23. The van der Waals surface area contributed by atoms with E-state index in [9.17, 15) is 0 Å². The summed E-state index contributed by atoms with van der Waals surface area (Å²) in [5.74, 6) is 0. The summed E-state index contributed by atoms with van der Waals surface area (Å²) in [6.07, 6.45) is 22.9. The Balaban J connectivity index is 1.61. The fourth-order valence-corrected chi connectivity index (χ4v) is 6.47. The van der Waals surface area contributed by atoms with Gasteiger partial charge in [0.25, 0.3) is 0 Å². The maximum absolute atomic E-state index is 5.23. The van der Waals surface area contributed by atoms with E-state index < -0.39 is 0 Å². The summed E-state index contributed by atoms with van der Waals surface area (Å²) in [5.41, 5.74) is 14.2. The molecule has 7 aromatic heterocycles. The van der Waals surface area contributed by atoms with Gasteiger partial charge < -0.3 is 9.55 Å². The highest BCUT2D eigenvalue weighted by atomic mass is 15.0. The molecule has 0 aromatic carbocycles. The van der Waals surface area contributed by atoms with Crippen LogP contribution in [0.2, 0.25) is 0 Å². The van der Waals surface area contributed by atoms with E-state index in [0.717, 1.165) is 83.9 Å². The van der Waals surface area contributed by atoms with Crippen molar-refractivity contribution in [3.63, 3.8) is 0 Å². The topological polar surface area (TPSA) is 98.1 Å². The Kier molecular flexibility index (Phi) is 6.61. The molecular formula is C40H26N8. The SMILES string of the molecule is C1=Cc2cc3c(-c4ccncc4)c(-c4ccncc4)c(c(-c4ccncc4)c4nc(cc5ccc(cc1n2)[nH]5)C=C4)n3-c1ccncc1. The fourth-order valence-electron chi connectivity index (χ4n) is 6.47. The molecule has 9 rings (SSSR count). The lowest BCUT2D eigenvalue weighted by atomic mass is 9.94. The molecule has 8 heteroatoms. The Morgan fingerprint density at radius 3 is 1.52 bits per heavy atom. The average molecular weight is 619 g/mol. The predicted octanol–water partition coefficient (Wildman–Crippen LogP) is 8.70. The highest BCUT2D eigenvalue weighted by molar-refractivity contribution is 6.10. The van der Waals surface area contributed by atoms with Gasteiger partial charge in [-0.1, -0.05) is 0 Å². The van der Waals surface area contributed by atoms with Gasteiger partial charge in [-0.2, -0.15) is 0 Å². The molecular weight excluding hydrogens is 592 g/mol. The lowest BCUT2D eigenvalue weighted by molar-refractivity contribution is 1.15. The quantitative estimate of drug-likeness (QED) is 0.212. The molecule has 0 amide bonds. The average Bonchev–Trinajstić information content (AvgIpc) is 3.95. The second kappa shape index (κ2) is 11.5. The Labute approximate surface area is 275 Å². The molecule has 0 saturated heterocycles. The minimum atomic E-state index is 0.835. The Hall–Kier alpha value is -6.80. The van der Waals surface area contributed by atoms with Gasteiger partial charge in [0.2, 0.25) is 0 Å². The van der Waals surface area contributed by atoms with E-state index in [4.69, 9.17) is 9.97 Å². The molecule has 0 radical (unpaired) electrons. The number of nitrogens with one attached hydrogen (secondary N) is 1. The zero-order valence-corrected chi connectivity index (χ0v) is 25.6. The number of nitrogens with zero attached hydrogens (tertiary/aromatic N) is 7. The van der Waals surface area contributed by atoms with Crippen LogP contribution in [-0.2, 0) is 0 Å². The maximum Gasteiger partial charge on any atom is 0.0737 e. The van der Waals surface area contributed by atoms with Crippen LogP contribution >= 0.6 is 0 Å². The van der Waals surface area contributed by atoms with Crippen molar-refractivity contribution < 1.29 is 0 Å². The molecule has 8 nitrogen and oxygen atoms in total. The van der Waals surface area contributed by atoms with Gasteiger partial charge in [-0.15, -0.1) is 0 Å². The summed E-state index contributed by atoms with van der Waals surface area (Å²) in [4.78, 5) is 31.3. The van der Waals surface area contributed by atoms with Crippen molar-refractivity contribution in [3.05, 3.63) is 151 Å². The van der Waals surface area contributed by atoms with Crippen molar-refractivity contribution in [1.29, 1.82) is 0 Å². The van der Waals surface area contributed by atoms with Crippen LogP contribution in [0.1, 0.15) is 22.8 Å². The summed E-state index contributed by atoms with van der Waals surface area (Å²) in [5, 5.41) is 0. The Morgan fingerprint density at radius 1 is 0.438 bits per heavy atom. The number of aromatic nitrogens is 8. The van der Waals surface area contributed by atoms with Crippen molar-refractivity contribution in [1.82, 2.24) is 39.5 Å². The summed E-state index contributed by atoms with van der Waals surface area (Å²) in [7, 11) is 0. The first-order chi connectivity index (χ1) is 23.8. The zero-order valence-electron chi connectivity index (χ0n) is 25.6. The predicted molar refractivity (Wildman–Crippen MR) is 191 cm³/mol. The van der Waals surface area contributed by atoms with Gasteiger partial charge in [0.1, 0.15) is 0 Å². The van der Waals surface area contributed by atoms with Crippen LogP contribution < -0.4 is 0 Å². The van der Waals surface area contributed by atoms with E-state index in [1.54, 1.807) is 0 Å². The third-order valence-corrected chi connectivity index (χ3v) is 8.50. The number of H-pyrrole nitrogens is 1. The van der Waals surface area contributed by atoms with E-state index in [1.165, 1.54) is 0 Å². The highest BCUT2D eigenvalue weighted by Gasteiger charge is 2.25. The third kappa shape index (κ3) is 4.89. The first kappa shape index (κ1) is 27.5. The molecule has 0 atom stereocenters. The largest absolute Gasteiger partial charge is 0.355 e. The minimum Gasteiger partial charge on any atom is -0.355 e. The van der Waals surface area contributed by atoms with E-state index in [0.29, 0.717) is 0 Å². The second-order valence-corrected chi connectivity index (χ2v) is 11.5. The summed E-state index contributed by atoms with van der Waals surface area (Å²) < 4.78 is 2.31. The van der Waals surface area contributed by atoms with E-state index in [2.05, 4.69) is 102 Å². The highest BCUT2D eigenvalue weighted by Crippen LogP contribution is 2.46. The Morgan fingerprint density at radius 2 is 0.917 bits per heavy atom. The first-order valence-corrected chi connectivity index (χ1v) is 15.6. The molecule has 0 unspecified atom stereocenters. The van der Waals surface area contributed by atoms with Crippen LogP contribution in [0.15, 0.2) is 128 Å². The van der Waals surface area contributed by atoms with E-state index in [1.807, 2.05) is 79.9 Å². The molecule has 0 spiro atoms. The Bertz CT molecular complexity index is 2530. The second-order valence-electron chi connectivity index (χ2n) is 11.5. The van der Waals surface area contributed by atoms with Gasteiger partial charge in [0, 0.05) is 83.0 Å². The van der Waals surface area contributed by atoms with Crippen molar-refractivity contribution in [2.45, 2.75) is 0 Å². The van der Waals surface area contributed by atoms with Gasteiger partial charge in [-0.25, -0.2) is 9.97 Å². The molecule has 0 fully saturated rings. The molecule has 0 saturated carbocycles. The number of rotatable bonds is 4. The van der Waals surface area contributed by atoms with Crippen molar-refractivity contribution in [2.75, 3.05) is 0 Å². The smallest absolute Gasteiger partial charge is 0.0737 e. The monoisotopic (exact) mass is 618 g/mol. The number of aromatic amines is 1. The van der Waals surface area contributed by atoms with Crippen molar-refractivity contribution in [2.24, 2.45) is 0 Å². The van der Waals surface area contributed by atoms with E-state index >= 15 is 0 Å². The zero-order chi connectivity index (χ0) is 31.9. The van der Waals surface area contributed by atoms with Crippen LogP contribution in [-0.4, -0.2) is 39.5 Å². The summed E-state index contributed by atoms with van der Waals surface area (Å²) >= 11 is 0. The van der Waals surface area contributed by atoms with Crippen LogP contribution in [0, 0.1) is 0 Å². The molecule has 1 N–H and O–H groups in total. The van der Waals surface area contributed by atoms with Crippen LogP contribution in [0.5, 0.6) is 0 Å². The van der Waals surface area contributed by atoms with Gasteiger partial charge in [-0.05, 0) is 120 Å². The number of hydrogen-bond acceptors (Lipinski definition) is 6. The first-order valence-electron chi connectivity index (χ1n) is 15.6. The molecule has 8 bridgehead atoms. The lowest BCUT2D eigenvalue weighted by Gasteiger charge is -2.13. The van der Waals surface area contributed by atoms with Gasteiger partial charge in [-0.3, -0.25) is 19.9 Å². The van der Waals surface area contributed by atoms with Gasteiger partial charge in [0.15, 0.2) is 0 Å². The molecule has 48 heavy (non-hydrogen) atoms. The fraction of sp³-hybridized carbons (Fsp3) is 0. The molecule has 2 aliphatic heterocycles. The number of hydrogen-bond donors (Lipinski definition) is 1. The standard InChI is InChI=1S/C40H26N8/c1-2-31-24-32-5-6-35(47-32)37(26-7-15-41-16-8-26)40-39(28-11-19-43-20-12-28)38(27-9-17-42-18-10-27)36(48(40)34-13-21-44-22-14-34)25-33-4-3-30(46-33)23-29(1)45-31/h1-25,45H. The molecule has 0 aliphatic carbocycles. The van der Waals surface area contributed by atoms with E-state index in [-0.39, 0.29) is 0 Å². The van der Waals surface area contributed by atoms with Crippen LogP contribution in [0.25, 0.3) is 85.4 Å². The molecule has 7 aromatic rings. The lowest BCUT2D eigenvalue weighted by Crippen LogP contribution is -1.97. The normalized spacial score (nSPS) is 12.0. The van der Waals surface area contributed by atoms with Crippen molar-refractivity contribution >= 4 is 46.4 Å². The summed E-state index contributed by atoms with van der Waals surface area (Å²) in [6.45, 7) is 0. The molecule has 2 aliphatic rings. The van der Waals surface area contributed by atoms with Crippen LogP contribution in [0.4, 0.5) is 0 Å². The van der Waals surface area contributed by atoms with Crippen LogP contribution in [0.3, 0.4) is 0 Å². The third-order valence-electron chi connectivity index (χ3n) is 8.50. The summed E-state index contributed by atoms with van der Waals surface area (Å²) in [6, 6.07) is 26.8. The minimum absolute atomic E-state index is 0.835. The van der Waals surface area contributed by atoms with Gasteiger partial charge >= 0.3 is 0 Å². The van der Waals surface area contributed by atoms with Crippen molar-refractivity contribution in [3.8, 4) is 39.1 Å². The number of fused-ring (bicyclic) bond motifs is 8.